The Morgan fingerprint density at radius 1 is 1.24 bits per heavy atom. The van der Waals surface area contributed by atoms with Gasteiger partial charge in [0.2, 0.25) is 5.95 Å². The van der Waals surface area contributed by atoms with E-state index in [1.165, 1.54) is 0 Å². The zero-order chi connectivity index (χ0) is 12.3. The number of benzene rings is 1. The molecule has 6 nitrogen and oxygen atoms in total. The molecule has 0 aliphatic carbocycles. The Labute approximate surface area is 99.0 Å². The highest BCUT2D eigenvalue weighted by Gasteiger charge is 2.05. The molecular weight excluding hydrogens is 220 g/mol. The van der Waals surface area contributed by atoms with E-state index in [4.69, 9.17) is 15.2 Å². The lowest BCUT2D eigenvalue weighted by atomic mass is 10.3. The van der Waals surface area contributed by atoms with Crippen molar-refractivity contribution in [2.75, 3.05) is 12.8 Å². The van der Waals surface area contributed by atoms with Crippen LogP contribution in [-0.2, 0) is 13.7 Å². The fraction of sp³-hybridized carbons (Fsp3) is 0.273. The lowest BCUT2D eigenvalue weighted by molar-refractivity contribution is 0.289. The van der Waals surface area contributed by atoms with Crippen LogP contribution >= 0.6 is 0 Å². The Kier molecular flexibility index (Phi) is 3.13. The second-order valence-corrected chi connectivity index (χ2v) is 3.47. The van der Waals surface area contributed by atoms with E-state index in [-0.39, 0.29) is 5.95 Å². The molecule has 0 atom stereocenters. The van der Waals surface area contributed by atoms with E-state index < -0.39 is 0 Å². The molecule has 1 aromatic heterocycles. The van der Waals surface area contributed by atoms with E-state index in [9.17, 15) is 0 Å². The quantitative estimate of drug-likeness (QED) is 0.853. The molecule has 2 aromatic rings. The number of hydrogen-bond donors (Lipinski definition) is 1. The highest BCUT2D eigenvalue weighted by atomic mass is 16.5. The molecule has 0 amide bonds. The van der Waals surface area contributed by atoms with E-state index in [1.807, 2.05) is 24.3 Å². The van der Waals surface area contributed by atoms with Crippen LogP contribution in [0.25, 0.3) is 0 Å². The molecule has 0 saturated heterocycles. The van der Waals surface area contributed by atoms with Crippen LogP contribution in [0.5, 0.6) is 11.5 Å². The van der Waals surface area contributed by atoms with Crippen LogP contribution in [-0.4, -0.2) is 21.9 Å². The minimum absolute atomic E-state index is 0.251. The molecule has 0 spiro atoms. The normalized spacial score (nSPS) is 10.2. The monoisotopic (exact) mass is 234 g/mol. The van der Waals surface area contributed by atoms with Gasteiger partial charge in [-0.05, 0) is 24.3 Å². The average Bonchev–Trinajstić information content (AvgIpc) is 2.66. The van der Waals surface area contributed by atoms with Gasteiger partial charge < -0.3 is 15.2 Å². The zero-order valence-electron chi connectivity index (χ0n) is 9.75. The van der Waals surface area contributed by atoms with Crippen molar-refractivity contribution in [1.82, 2.24) is 14.8 Å². The van der Waals surface area contributed by atoms with Gasteiger partial charge in [0.25, 0.3) is 0 Å². The Bertz CT molecular complexity index is 493. The first-order valence-electron chi connectivity index (χ1n) is 5.11. The van der Waals surface area contributed by atoms with Crippen molar-refractivity contribution in [2.45, 2.75) is 6.61 Å². The molecule has 0 fully saturated rings. The number of nitrogens with two attached hydrogens (primary N) is 1. The molecule has 6 heteroatoms. The number of rotatable bonds is 4. The molecule has 0 aliphatic heterocycles. The molecule has 17 heavy (non-hydrogen) atoms. The minimum Gasteiger partial charge on any atom is -0.497 e. The van der Waals surface area contributed by atoms with E-state index in [1.54, 1.807) is 18.8 Å². The summed E-state index contributed by atoms with van der Waals surface area (Å²) >= 11 is 0. The van der Waals surface area contributed by atoms with Crippen LogP contribution in [0.4, 0.5) is 5.95 Å². The van der Waals surface area contributed by atoms with Crippen molar-refractivity contribution in [3.05, 3.63) is 30.1 Å². The fourth-order valence-electron chi connectivity index (χ4n) is 1.38. The molecule has 2 rings (SSSR count). The number of aromatic nitrogens is 3. The number of aryl methyl sites for hydroxylation is 1. The van der Waals surface area contributed by atoms with Gasteiger partial charge in [0.1, 0.15) is 18.1 Å². The van der Waals surface area contributed by atoms with Crippen LogP contribution in [0.1, 0.15) is 5.82 Å². The molecule has 1 aromatic carbocycles. The summed E-state index contributed by atoms with van der Waals surface area (Å²) in [6, 6.07) is 7.33. The largest absolute Gasteiger partial charge is 0.497 e. The van der Waals surface area contributed by atoms with Crippen LogP contribution in [0, 0.1) is 0 Å². The number of methoxy groups -OCH3 is 1. The van der Waals surface area contributed by atoms with E-state index in [0.29, 0.717) is 12.4 Å². The smallest absolute Gasteiger partial charge is 0.239 e. The van der Waals surface area contributed by atoms with Gasteiger partial charge in [0.15, 0.2) is 5.82 Å². The Morgan fingerprint density at radius 3 is 2.41 bits per heavy atom. The SMILES string of the molecule is COc1ccc(OCc2nc(N)nn2C)cc1. The lowest BCUT2D eigenvalue weighted by Gasteiger charge is -2.06. The highest BCUT2D eigenvalue weighted by Crippen LogP contribution is 2.17. The summed E-state index contributed by atoms with van der Waals surface area (Å²) in [5, 5.41) is 3.93. The molecule has 2 N–H and O–H groups in total. The number of nitrogens with zero attached hydrogens (tertiary/aromatic N) is 3. The van der Waals surface area contributed by atoms with E-state index in [0.717, 1.165) is 11.5 Å². The zero-order valence-corrected chi connectivity index (χ0v) is 9.75. The maximum atomic E-state index is 5.55. The Morgan fingerprint density at radius 2 is 1.88 bits per heavy atom. The van der Waals surface area contributed by atoms with Crippen molar-refractivity contribution in [2.24, 2.45) is 7.05 Å². The third kappa shape index (κ3) is 2.66. The summed E-state index contributed by atoms with van der Waals surface area (Å²) in [5.41, 5.74) is 5.47. The van der Waals surface area contributed by atoms with Crippen molar-refractivity contribution in [3.63, 3.8) is 0 Å². The van der Waals surface area contributed by atoms with Gasteiger partial charge in [-0.15, -0.1) is 5.10 Å². The van der Waals surface area contributed by atoms with Crippen molar-refractivity contribution < 1.29 is 9.47 Å². The first-order chi connectivity index (χ1) is 8.19. The summed E-state index contributed by atoms with van der Waals surface area (Å²) in [5.74, 6) is 2.46. The molecule has 0 aliphatic rings. The lowest BCUT2D eigenvalue weighted by Crippen LogP contribution is -2.04. The second-order valence-electron chi connectivity index (χ2n) is 3.47. The van der Waals surface area contributed by atoms with Gasteiger partial charge in [0, 0.05) is 7.05 Å². The summed E-state index contributed by atoms with van der Waals surface area (Å²) in [6.07, 6.45) is 0. The molecule has 90 valence electrons. The fourth-order valence-corrected chi connectivity index (χ4v) is 1.38. The standard InChI is InChI=1S/C11H14N4O2/c1-15-10(13-11(12)14-15)7-17-9-5-3-8(16-2)4-6-9/h3-6H,7H2,1-2H3,(H2,12,14). The maximum absolute atomic E-state index is 5.55. The first kappa shape index (κ1) is 11.3. The van der Waals surface area contributed by atoms with Gasteiger partial charge in [-0.1, -0.05) is 0 Å². The molecule has 0 radical (unpaired) electrons. The predicted molar refractivity (Wildman–Crippen MR) is 62.7 cm³/mol. The Hall–Kier alpha value is -2.24. The van der Waals surface area contributed by atoms with Gasteiger partial charge in [-0.3, -0.25) is 0 Å². The van der Waals surface area contributed by atoms with Crippen LogP contribution in [0.15, 0.2) is 24.3 Å². The summed E-state index contributed by atoms with van der Waals surface area (Å²) in [4.78, 5) is 4.04. The predicted octanol–water partition coefficient (Wildman–Crippen LogP) is 0.985. The molecule has 0 saturated carbocycles. The summed E-state index contributed by atoms with van der Waals surface area (Å²) < 4.78 is 12.2. The topological polar surface area (TPSA) is 75.2 Å². The average molecular weight is 234 g/mol. The van der Waals surface area contributed by atoms with Gasteiger partial charge in [-0.2, -0.15) is 4.98 Å². The summed E-state index contributed by atoms with van der Waals surface area (Å²) in [6.45, 7) is 0.326. The van der Waals surface area contributed by atoms with Gasteiger partial charge in [0.05, 0.1) is 7.11 Å². The van der Waals surface area contributed by atoms with Crippen molar-refractivity contribution in [1.29, 1.82) is 0 Å². The third-order valence-corrected chi connectivity index (χ3v) is 2.30. The molecule has 0 bridgehead atoms. The van der Waals surface area contributed by atoms with E-state index in [2.05, 4.69) is 10.1 Å². The van der Waals surface area contributed by atoms with Crippen LogP contribution in [0.3, 0.4) is 0 Å². The van der Waals surface area contributed by atoms with Gasteiger partial charge >= 0.3 is 0 Å². The Balaban J connectivity index is 1.99. The van der Waals surface area contributed by atoms with E-state index >= 15 is 0 Å². The second kappa shape index (κ2) is 4.73. The van der Waals surface area contributed by atoms with Crippen molar-refractivity contribution in [3.8, 4) is 11.5 Å². The van der Waals surface area contributed by atoms with Crippen molar-refractivity contribution >= 4 is 5.95 Å². The highest BCUT2D eigenvalue weighted by molar-refractivity contribution is 5.31. The number of nitrogen functional groups attached to an aromatic ring is 1. The third-order valence-electron chi connectivity index (χ3n) is 2.30. The molecule has 0 unspecified atom stereocenters. The van der Waals surface area contributed by atoms with Crippen LogP contribution in [0.2, 0.25) is 0 Å². The van der Waals surface area contributed by atoms with Crippen LogP contribution < -0.4 is 15.2 Å². The summed E-state index contributed by atoms with van der Waals surface area (Å²) in [7, 11) is 3.40. The maximum Gasteiger partial charge on any atom is 0.239 e. The number of anilines is 1. The minimum atomic E-state index is 0.251. The van der Waals surface area contributed by atoms with Gasteiger partial charge in [-0.25, -0.2) is 4.68 Å². The first-order valence-corrected chi connectivity index (χ1v) is 5.11. The number of ether oxygens (including phenoxy) is 2. The number of hydrogen-bond acceptors (Lipinski definition) is 5. The molecular formula is C11H14N4O2. The molecule has 1 heterocycles.